The van der Waals surface area contributed by atoms with Gasteiger partial charge in [0.15, 0.2) is 5.16 Å². The first-order chi connectivity index (χ1) is 16.2. The quantitative estimate of drug-likeness (QED) is 0.347. The fraction of sp³-hybridized carbons (Fsp3) is 0.400. The van der Waals surface area contributed by atoms with Crippen LogP contribution in [0.4, 0.5) is 11.9 Å². The van der Waals surface area contributed by atoms with Gasteiger partial charge >= 0.3 is 0 Å². The molecule has 174 valence electrons. The van der Waals surface area contributed by atoms with Crippen molar-refractivity contribution in [3.8, 4) is 5.75 Å². The highest BCUT2D eigenvalue weighted by atomic mass is 32.2. The van der Waals surface area contributed by atoms with Gasteiger partial charge in [0, 0.05) is 38.5 Å². The molecule has 3 aromatic rings. The highest BCUT2D eigenvalue weighted by Crippen LogP contribution is 2.21. The van der Waals surface area contributed by atoms with Crippen molar-refractivity contribution < 1.29 is 5.11 Å². The molecule has 0 spiro atoms. The Morgan fingerprint density at radius 2 is 1.61 bits per heavy atom. The molecule has 1 aromatic heterocycles. The van der Waals surface area contributed by atoms with Crippen molar-refractivity contribution in [2.24, 2.45) is 0 Å². The van der Waals surface area contributed by atoms with Gasteiger partial charge in [0.05, 0.1) is 0 Å². The molecule has 2 heterocycles. The van der Waals surface area contributed by atoms with E-state index in [0.29, 0.717) is 5.95 Å². The number of hydrogen-bond acceptors (Lipinski definition) is 8. The topological polar surface area (TPSA) is 77.4 Å². The number of hydrogen-bond donors (Lipinski definition) is 2. The first kappa shape index (κ1) is 23.3. The minimum absolute atomic E-state index is 0.287. The molecule has 1 saturated heterocycles. The Bertz CT molecular complexity index is 994. The van der Waals surface area contributed by atoms with E-state index in [1.807, 2.05) is 12.1 Å². The molecule has 0 amide bonds. The van der Waals surface area contributed by atoms with Crippen molar-refractivity contribution in [2.45, 2.75) is 24.4 Å². The lowest BCUT2D eigenvalue weighted by atomic mass is 10.1. The first-order valence-corrected chi connectivity index (χ1v) is 12.5. The van der Waals surface area contributed by atoms with E-state index in [1.54, 1.807) is 23.9 Å². The Hall–Kier alpha value is -2.84. The molecule has 0 atom stereocenters. The zero-order chi connectivity index (χ0) is 22.9. The first-order valence-electron chi connectivity index (χ1n) is 11.5. The summed E-state index contributed by atoms with van der Waals surface area (Å²) in [5.74, 6) is 2.64. The van der Waals surface area contributed by atoms with Crippen molar-refractivity contribution in [2.75, 3.05) is 55.7 Å². The summed E-state index contributed by atoms with van der Waals surface area (Å²) in [6.07, 6.45) is 2.96. The van der Waals surface area contributed by atoms with Gasteiger partial charge in [0.25, 0.3) is 0 Å². The number of aromatic nitrogens is 3. The third-order valence-electron chi connectivity index (χ3n) is 5.71. The lowest BCUT2D eigenvalue weighted by Crippen LogP contribution is -2.45. The summed E-state index contributed by atoms with van der Waals surface area (Å²) in [4.78, 5) is 18.8. The number of thioether (sulfide) groups is 1. The number of rotatable bonds is 10. The van der Waals surface area contributed by atoms with Crippen LogP contribution in [-0.4, -0.2) is 70.5 Å². The molecule has 7 nitrogen and oxygen atoms in total. The highest BCUT2D eigenvalue weighted by Gasteiger charge is 2.18. The summed E-state index contributed by atoms with van der Waals surface area (Å²) in [7, 11) is 2.15. The van der Waals surface area contributed by atoms with Crippen LogP contribution in [-0.2, 0) is 12.8 Å². The van der Waals surface area contributed by atoms with Gasteiger partial charge in [-0.05, 0) is 49.6 Å². The van der Waals surface area contributed by atoms with Gasteiger partial charge in [0.1, 0.15) is 5.75 Å². The van der Waals surface area contributed by atoms with Crippen LogP contribution in [0.5, 0.6) is 5.75 Å². The third kappa shape index (κ3) is 7.33. The van der Waals surface area contributed by atoms with Crippen LogP contribution in [0, 0.1) is 0 Å². The predicted octanol–water partition coefficient (Wildman–Crippen LogP) is 3.71. The SMILES string of the molecule is CN1CCN(c2nc(NCCc3ccc(O)cc3)nc(SCCCc3ccccc3)n2)CC1. The molecule has 1 fully saturated rings. The zero-order valence-corrected chi connectivity index (χ0v) is 20.0. The number of likely N-dealkylation sites (N-methyl/N-ethyl adjacent to an activating group) is 1. The van der Waals surface area contributed by atoms with Gasteiger partial charge in [-0.25, -0.2) is 0 Å². The number of benzene rings is 2. The molecule has 0 saturated carbocycles. The Kier molecular flexibility index (Phi) is 8.38. The maximum Gasteiger partial charge on any atom is 0.231 e. The summed E-state index contributed by atoms with van der Waals surface area (Å²) in [6.45, 7) is 4.58. The number of aromatic hydroxyl groups is 1. The van der Waals surface area contributed by atoms with E-state index in [2.05, 4.69) is 57.5 Å². The Balaban J connectivity index is 1.38. The Labute approximate surface area is 200 Å². The van der Waals surface area contributed by atoms with Crippen molar-refractivity contribution in [1.29, 1.82) is 0 Å². The summed E-state index contributed by atoms with van der Waals surface area (Å²) in [5, 5.41) is 13.6. The number of piperazine rings is 1. The fourth-order valence-electron chi connectivity index (χ4n) is 3.70. The van der Waals surface area contributed by atoms with E-state index in [9.17, 15) is 5.11 Å². The molecule has 0 unspecified atom stereocenters. The molecule has 4 rings (SSSR count). The number of anilines is 2. The van der Waals surface area contributed by atoms with Crippen LogP contribution in [0.3, 0.4) is 0 Å². The molecule has 1 aliphatic rings. The molecule has 2 aromatic carbocycles. The van der Waals surface area contributed by atoms with E-state index in [4.69, 9.17) is 9.97 Å². The maximum absolute atomic E-state index is 9.46. The van der Waals surface area contributed by atoms with Crippen LogP contribution < -0.4 is 10.2 Å². The average Bonchev–Trinajstić information content (AvgIpc) is 2.84. The molecule has 1 aliphatic heterocycles. The zero-order valence-electron chi connectivity index (χ0n) is 19.2. The second-order valence-corrected chi connectivity index (χ2v) is 9.37. The van der Waals surface area contributed by atoms with E-state index in [-0.39, 0.29) is 5.75 Å². The van der Waals surface area contributed by atoms with E-state index < -0.39 is 0 Å². The summed E-state index contributed by atoms with van der Waals surface area (Å²) >= 11 is 1.70. The number of aryl methyl sites for hydroxylation is 1. The minimum atomic E-state index is 0.287. The number of phenolic OH excluding ortho intramolecular Hbond substituents is 1. The van der Waals surface area contributed by atoms with Crippen LogP contribution in [0.15, 0.2) is 59.8 Å². The number of nitrogens with zero attached hydrogens (tertiary/aromatic N) is 5. The van der Waals surface area contributed by atoms with Crippen molar-refractivity contribution in [3.63, 3.8) is 0 Å². The van der Waals surface area contributed by atoms with Crippen molar-refractivity contribution >= 4 is 23.7 Å². The molecule has 0 radical (unpaired) electrons. The molecular formula is C25H32N6OS. The van der Waals surface area contributed by atoms with Gasteiger partial charge < -0.3 is 20.2 Å². The van der Waals surface area contributed by atoms with E-state index >= 15 is 0 Å². The van der Waals surface area contributed by atoms with Gasteiger partial charge in [-0.3, -0.25) is 0 Å². The number of nitrogens with one attached hydrogen (secondary N) is 1. The van der Waals surface area contributed by atoms with E-state index in [0.717, 1.165) is 74.4 Å². The smallest absolute Gasteiger partial charge is 0.231 e. The summed E-state index contributed by atoms with van der Waals surface area (Å²) in [5.41, 5.74) is 2.52. The van der Waals surface area contributed by atoms with Crippen LogP contribution in [0.25, 0.3) is 0 Å². The maximum atomic E-state index is 9.46. The van der Waals surface area contributed by atoms with Gasteiger partial charge in [-0.15, -0.1) is 0 Å². The molecular weight excluding hydrogens is 432 g/mol. The average molecular weight is 465 g/mol. The summed E-state index contributed by atoms with van der Waals surface area (Å²) < 4.78 is 0. The number of phenols is 1. The second-order valence-electron chi connectivity index (χ2n) is 8.31. The molecule has 33 heavy (non-hydrogen) atoms. The second kappa shape index (κ2) is 11.9. The van der Waals surface area contributed by atoms with Crippen LogP contribution in [0.1, 0.15) is 17.5 Å². The third-order valence-corrected chi connectivity index (χ3v) is 6.64. The standard InChI is InChI=1S/C25H32N6OS/c1-30-15-17-31(18-16-30)24-27-23(26-14-13-21-9-11-22(32)12-10-21)28-25(29-24)33-19-5-8-20-6-3-2-4-7-20/h2-4,6-7,9-12,32H,5,8,13-19H2,1H3,(H,26,27,28,29). The molecule has 0 aliphatic carbocycles. The Morgan fingerprint density at radius 1 is 0.879 bits per heavy atom. The van der Waals surface area contributed by atoms with Crippen molar-refractivity contribution in [1.82, 2.24) is 19.9 Å². The van der Waals surface area contributed by atoms with E-state index in [1.165, 1.54) is 5.56 Å². The predicted molar refractivity (Wildman–Crippen MR) is 135 cm³/mol. The highest BCUT2D eigenvalue weighted by molar-refractivity contribution is 7.99. The lowest BCUT2D eigenvalue weighted by molar-refractivity contribution is 0.311. The monoisotopic (exact) mass is 464 g/mol. The lowest BCUT2D eigenvalue weighted by Gasteiger charge is -2.32. The van der Waals surface area contributed by atoms with Crippen LogP contribution in [0.2, 0.25) is 0 Å². The van der Waals surface area contributed by atoms with Gasteiger partial charge in [0.2, 0.25) is 11.9 Å². The van der Waals surface area contributed by atoms with Gasteiger partial charge in [-0.1, -0.05) is 54.2 Å². The minimum Gasteiger partial charge on any atom is -0.508 e. The van der Waals surface area contributed by atoms with Crippen molar-refractivity contribution in [3.05, 3.63) is 65.7 Å². The molecule has 8 heteroatoms. The molecule has 0 bridgehead atoms. The Morgan fingerprint density at radius 3 is 2.36 bits per heavy atom. The van der Waals surface area contributed by atoms with Crippen LogP contribution >= 0.6 is 11.8 Å². The molecule has 2 N–H and O–H groups in total. The van der Waals surface area contributed by atoms with Gasteiger partial charge in [-0.2, -0.15) is 15.0 Å². The fourth-order valence-corrected chi connectivity index (χ4v) is 4.47. The largest absolute Gasteiger partial charge is 0.508 e. The summed E-state index contributed by atoms with van der Waals surface area (Å²) in [6, 6.07) is 17.9. The normalized spacial score (nSPS) is 14.4.